The Balaban J connectivity index is 1.60. The van der Waals surface area contributed by atoms with Crippen LogP contribution in [0.1, 0.15) is 18.5 Å². The quantitative estimate of drug-likeness (QED) is 0.587. The van der Waals surface area contributed by atoms with Gasteiger partial charge in [-0.1, -0.05) is 35.5 Å². The fourth-order valence-corrected chi connectivity index (χ4v) is 3.63. The molecule has 0 aliphatic rings. The number of methoxy groups -OCH3 is 1. The molecule has 2 aromatic carbocycles. The number of hydrogen-bond donors (Lipinski definition) is 1. The second-order valence-electron chi connectivity index (χ2n) is 6.23. The van der Waals surface area contributed by atoms with E-state index in [2.05, 4.69) is 15.5 Å². The number of nitrogens with one attached hydrogen (secondary N) is 1. The summed E-state index contributed by atoms with van der Waals surface area (Å²) in [6, 6.07) is 15.0. The lowest BCUT2D eigenvalue weighted by Crippen LogP contribution is -2.28. The van der Waals surface area contributed by atoms with Gasteiger partial charge in [-0.25, -0.2) is 0 Å². The average Bonchev–Trinajstić information content (AvgIpc) is 3.07. The van der Waals surface area contributed by atoms with Crippen molar-refractivity contribution >= 4 is 29.3 Å². The molecule has 0 saturated carbocycles. The summed E-state index contributed by atoms with van der Waals surface area (Å²) in [4.78, 5) is 12.3. The highest BCUT2D eigenvalue weighted by Gasteiger charge is 2.15. The molecule has 6 nitrogen and oxygen atoms in total. The lowest BCUT2D eigenvalue weighted by atomic mass is 10.1. The monoisotopic (exact) mass is 416 g/mol. The topological polar surface area (TPSA) is 69.0 Å². The van der Waals surface area contributed by atoms with Gasteiger partial charge in [0.15, 0.2) is 11.0 Å². The van der Waals surface area contributed by atoms with Crippen molar-refractivity contribution in [1.29, 1.82) is 0 Å². The fraction of sp³-hybridized carbons (Fsp3) is 0.250. The molecule has 0 radical (unpaired) electrons. The van der Waals surface area contributed by atoms with Crippen molar-refractivity contribution in [1.82, 2.24) is 20.1 Å². The number of carbonyl (C=O) groups excluding carboxylic acids is 1. The van der Waals surface area contributed by atoms with E-state index >= 15 is 0 Å². The van der Waals surface area contributed by atoms with Gasteiger partial charge in [0.1, 0.15) is 5.75 Å². The van der Waals surface area contributed by atoms with E-state index in [1.165, 1.54) is 11.8 Å². The minimum Gasteiger partial charge on any atom is -0.497 e. The highest BCUT2D eigenvalue weighted by atomic mass is 35.5. The summed E-state index contributed by atoms with van der Waals surface area (Å²) < 4.78 is 7.05. The number of hydrogen-bond acceptors (Lipinski definition) is 5. The maximum atomic E-state index is 12.3. The largest absolute Gasteiger partial charge is 0.497 e. The zero-order chi connectivity index (χ0) is 20.1. The molecule has 1 amide bonds. The second kappa shape index (κ2) is 9.12. The number of ether oxygens (including phenoxy) is 1. The average molecular weight is 417 g/mol. The summed E-state index contributed by atoms with van der Waals surface area (Å²) in [6.07, 6.45) is 0. The van der Waals surface area contributed by atoms with Gasteiger partial charge in [0.05, 0.1) is 18.9 Å². The molecular weight excluding hydrogens is 396 g/mol. The summed E-state index contributed by atoms with van der Waals surface area (Å²) >= 11 is 7.36. The predicted octanol–water partition coefficient (Wildman–Crippen LogP) is 4.11. The molecule has 1 N–H and O–H groups in total. The number of rotatable bonds is 7. The zero-order valence-electron chi connectivity index (χ0n) is 15.8. The van der Waals surface area contributed by atoms with Gasteiger partial charge in [0.2, 0.25) is 5.91 Å². The van der Waals surface area contributed by atoms with Gasteiger partial charge in [-0.15, -0.1) is 10.2 Å². The zero-order valence-corrected chi connectivity index (χ0v) is 17.4. The highest BCUT2D eigenvalue weighted by Crippen LogP contribution is 2.24. The first-order valence-corrected chi connectivity index (χ1v) is 10.1. The van der Waals surface area contributed by atoms with Crippen molar-refractivity contribution in [2.45, 2.75) is 18.1 Å². The van der Waals surface area contributed by atoms with Crippen molar-refractivity contribution in [3.63, 3.8) is 0 Å². The Labute approximate surface area is 173 Å². The van der Waals surface area contributed by atoms with Crippen LogP contribution in [-0.2, 0) is 11.8 Å². The van der Waals surface area contributed by atoms with Crippen LogP contribution in [0.5, 0.6) is 5.75 Å². The molecular formula is C20H21ClN4O2S. The molecule has 0 fully saturated rings. The van der Waals surface area contributed by atoms with E-state index in [1.54, 1.807) is 7.11 Å². The molecule has 0 aliphatic carbocycles. The van der Waals surface area contributed by atoms with Gasteiger partial charge in [0, 0.05) is 17.6 Å². The van der Waals surface area contributed by atoms with Crippen molar-refractivity contribution in [3.8, 4) is 17.1 Å². The summed E-state index contributed by atoms with van der Waals surface area (Å²) in [5.41, 5.74) is 1.90. The van der Waals surface area contributed by atoms with Gasteiger partial charge in [-0.05, 0) is 48.9 Å². The first kappa shape index (κ1) is 20.2. The Kier molecular flexibility index (Phi) is 6.59. The lowest BCUT2D eigenvalue weighted by molar-refractivity contribution is -0.119. The molecule has 28 heavy (non-hydrogen) atoms. The number of thioether (sulfide) groups is 1. The molecule has 0 unspecified atom stereocenters. The molecule has 8 heteroatoms. The van der Waals surface area contributed by atoms with E-state index in [1.807, 2.05) is 67.1 Å². The van der Waals surface area contributed by atoms with E-state index in [0.717, 1.165) is 22.7 Å². The van der Waals surface area contributed by atoms with Gasteiger partial charge >= 0.3 is 0 Å². The molecule has 0 saturated heterocycles. The maximum Gasteiger partial charge on any atom is 0.230 e. The van der Waals surface area contributed by atoms with Crippen molar-refractivity contribution < 1.29 is 9.53 Å². The van der Waals surface area contributed by atoms with Gasteiger partial charge in [-0.3, -0.25) is 4.79 Å². The van der Waals surface area contributed by atoms with E-state index in [4.69, 9.17) is 16.3 Å². The molecule has 0 aliphatic heterocycles. The normalized spacial score (nSPS) is 11.9. The first-order valence-electron chi connectivity index (χ1n) is 8.69. The van der Waals surface area contributed by atoms with Crippen molar-refractivity contribution in [2.75, 3.05) is 12.9 Å². The van der Waals surface area contributed by atoms with Crippen LogP contribution in [0.3, 0.4) is 0 Å². The molecule has 146 valence electrons. The minimum atomic E-state index is -0.124. The number of carbonyl (C=O) groups is 1. The highest BCUT2D eigenvalue weighted by molar-refractivity contribution is 7.99. The van der Waals surface area contributed by atoms with Crippen molar-refractivity contribution in [2.24, 2.45) is 7.05 Å². The van der Waals surface area contributed by atoms with Crippen LogP contribution in [0, 0.1) is 0 Å². The minimum absolute atomic E-state index is 0.0773. The predicted molar refractivity (Wildman–Crippen MR) is 112 cm³/mol. The van der Waals surface area contributed by atoms with E-state index < -0.39 is 0 Å². The van der Waals surface area contributed by atoms with Gasteiger partial charge in [-0.2, -0.15) is 0 Å². The summed E-state index contributed by atoms with van der Waals surface area (Å²) in [7, 11) is 3.51. The van der Waals surface area contributed by atoms with E-state index in [-0.39, 0.29) is 17.7 Å². The van der Waals surface area contributed by atoms with Crippen LogP contribution in [0.25, 0.3) is 11.4 Å². The van der Waals surface area contributed by atoms with Crippen LogP contribution >= 0.6 is 23.4 Å². The third-order valence-electron chi connectivity index (χ3n) is 4.24. The Morgan fingerprint density at radius 3 is 2.68 bits per heavy atom. The van der Waals surface area contributed by atoms with Crippen LogP contribution in [0.4, 0.5) is 0 Å². The lowest BCUT2D eigenvalue weighted by Gasteiger charge is -2.14. The van der Waals surface area contributed by atoms with Gasteiger partial charge < -0.3 is 14.6 Å². The third-order valence-corrected chi connectivity index (χ3v) is 5.50. The Morgan fingerprint density at radius 1 is 1.25 bits per heavy atom. The molecule has 3 rings (SSSR count). The number of benzene rings is 2. The Hall–Kier alpha value is -2.51. The number of aromatic nitrogens is 3. The van der Waals surface area contributed by atoms with Crippen molar-refractivity contribution in [3.05, 3.63) is 59.1 Å². The third kappa shape index (κ3) is 4.85. The number of nitrogens with zero attached hydrogens (tertiary/aromatic N) is 3. The maximum absolute atomic E-state index is 12.3. The van der Waals surface area contributed by atoms with Crippen LogP contribution in [-0.4, -0.2) is 33.5 Å². The smallest absolute Gasteiger partial charge is 0.230 e. The van der Waals surface area contributed by atoms with Crippen LogP contribution < -0.4 is 10.1 Å². The van der Waals surface area contributed by atoms with E-state index in [0.29, 0.717) is 10.2 Å². The standard InChI is InChI=1S/C20H21ClN4O2S/c1-13(15-5-4-6-16(21)11-15)22-18(26)12-28-20-24-23-19(25(20)2)14-7-9-17(27-3)10-8-14/h4-11,13H,12H2,1-3H3,(H,22,26)/t13-/m0/s1. The molecule has 0 bridgehead atoms. The number of halogens is 1. The van der Waals surface area contributed by atoms with E-state index in [9.17, 15) is 4.79 Å². The fourth-order valence-electron chi connectivity index (χ4n) is 2.70. The van der Waals surface area contributed by atoms with Gasteiger partial charge in [0.25, 0.3) is 0 Å². The molecule has 1 atom stereocenters. The van der Waals surface area contributed by atoms with Crippen LogP contribution in [0.15, 0.2) is 53.7 Å². The summed E-state index contributed by atoms with van der Waals surface area (Å²) in [6.45, 7) is 1.93. The Morgan fingerprint density at radius 2 is 2.00 bits per heavy atom. The summed E-state index contributed by atoms with van der Waals surface area (Å²) in [5.74, 6) is 1.69. The second-order valence-corrected chi connectivity index (χ2v) is 7.61. The van der Waals surface area contributed by atoms with Crippen LogP contribution in [0.2, 0.25) is 5.02 Å². The SMILES string of the molecule is COc1ccc(-c2nnc(SCC(=O)N[C@@H](C)c3cccc(Cl)c3)n2C)cc1. The molecule has 0 spiro atoms. The molecule has 3 aromatic rings. The summed E-state index contributed by atoms with van der Waals surface area (Å²) in [5, 5.41) is 12.7. The Bertz CT molecular complexity index is 959. The first-order chi connectivity index (χ1) is 13.5. The number of amides is 1. The molecule has 1 aromatic heterocycles. The molecule has 1 heterocycles.